The first kappa shape index (κ1) is 15.4. The largest absolute Gasteiger partial charge is 0.452 e. The first-order valence-corrected chi connectivity index (χ1v) is 6.95. The van der Waals surface area contributed by atoms with Crippen molar-refractivity contribution in [3.05, 3.63) is 35.4 Å². The Labute approximate surface area is 124 Å². The maximum atomic E-state index is 12.6. The zero-order valence-corrected chi connectivity index (χ0v) is 13.0. The molecule has 1 fully saturated rings. The molecule has 112 valence electrons. The highest BCUT2D eigenvalue weighted by Crippen LogP contribution is 2.41. The van der Waals surface area contributed by atoms with Gasteiger partial charge >= 0.3 is 5.97 Å². The van der Waals surface area contributed by atoms with E-state index in [4.69, 9.17) is 4.74 Å². The molecule has 0 spiro atoms. The van der Waals surface area contributed by atoms with Gasteiger partial charge in [-0.05, 0) is 34.6 Å². The van der Waals surface area contributed by atoms with Gasteiger partial charge in [-0.25, -0.2) is 0 Å². The van der Waals surface area contributed by atoms with E-state index in [1.807, 2.05) is 19.1 Å². The van der Waals surface area contributed by atoms with E-state index in [2.05, 4.69) is 0 Å². The Morgan fingerprint density at radius 1 is 1.05 bits per heavy atom. The van der Waals surface area contributed by atoms with Crippen molar-refractivity contribution in [3.63, 3.8) is 0 Å². The molecule has 1 heterocycles. The average Bonchev–Trinajstić information content (AvgIpc) is 2.42. The van der Waals surface area contributed by atoms with Gasteiger partial charge in [0.2, 0.25) is 5.78 Å². The number of hydrogen-bond acceptors (Lipinski definition) is 4. The summed E-state index contributed by atoms with van der Waals surface area (Å²) >= 11 is 0. The Kier molecular flexibility index (Phi) is 3.52. The Balaban J connectivity index is 2.39. The van der Waals surface area contributed by atoms with Crippen molar-refractivity contribution in [1.29, 1.82) is 0 Å². The molecule has 1 saturated heterocycles. The van der Waals surface area contributed by atoms with Crippen molar-refractivity contribution in [3.8, 4) is 0 Å². The van der Waals surface area contributed by atoms with Gasteiger partial charge in [-0.2, -0.15) is 0 Å². The minimum absolute atomic E-state index is 0.267. The molecular formula is C17H20O4. The first-order chi connectivity index (χ1) is 9.58. The lowest BCUT2D eigenvalue weighted by molar-refractivity contribution is -0.181. The highest BCUT2D eigenvalue weighted by molar-refractivity contribution is 6.13. The van der Waals surface area contributed by atoms with Crippen LogP contribution in [0.1, 0.15) is 43.6 Å². The monoisotopic (exact) mass is 288 g/mol. The number of rotatable bonds is 2. The predicted octanol–water partition coefficient (Wildman–Crippen LogP) is 2.72. The molecule has 4 heteroatoms. The number of cyclic esters (lactones) is 1. The topological polar surface area (TPSA) is 60.4 Å². The van der Waals surface area contributed by atoms with Crippen LogP contribution in [0.5, 0.6) is 0 Å². The van der Waals surface area contributed by atoms with Crippen molar-refractivity contribution >= 4 is 17.5 Å². The fraction of sp³-hybridized carbons (Fsp3) is 0.471. The van der Waals surface area contributed by atoms with Crippen molar-refractivity contribution < 1.29 is 19.1 Å². The third-order valence-electron chi connectivity index (χ3n) is 4.12. The van der Waals surface area contributed by atoms with Gasteiger partial charge in [0.1, 0.15) is 5.41 Å². The highest BCUT2D eigenvalue weighted by atomic mass is 16.6. The summed E-state index contributed by atoms with van der Waals surface area (Å²) in [6.45, 7) is 8.30. The number of carbonyl (C=O) groups is 3. The molecule has 4 nitrogen and oxygen atoms in total. The SMILES string of the molecule is Cc1ccc(C(=O)[C@@H]2OC(=O)C(C)(C)C(=O)C2(C)C)cc1. The summed E-state index contributed by atoms with van der Waals surface area (Å²) in [5, 5.41) is 0. The molecule has 0 saturated carbocycles. The standard InChI is InChI=1S/C17H20O4/c1-10-6-8-11(9-7-10)12(18)13-16(2,3)14(19)17(4,5)15(20)21-13/h6-9,13H,1-5H3/t13-/m0/s1. The van der Waals surface area contributed by atoms with Gasteiger partial charge in [0.15, 0.2) is 11.9 Å². The molecule has 1 atom stereocenters. The normalized spacial score (nSPS) is 23.6. The fourth-order valence-electron chi connectivity index (χ4n) is 2.67. The van der Waals surface area contributed by atoms with E-state index in [0.29, 0.717) is 5.56 Å². The quantitative estimate of drug-likeness (QED) is 0.477. The van der Waals surface area contributed by atoms with Crippen LogP contribution in [0.2, 0.25) is 0 Å². The van der Waals surface area contributed by atoms with Crippen LogP contribution in [0.15, 0.2) is 24.3 Å². The van der Waals surface area contributed by atoms with Crippen LogP contribution in [0.4, 0.5) is 0 Å². The second kappa shape index (κ2) is 4.79. The van der Waals surface area contributed by atoms with Gasteiger partial charge < -0.3 is 4.74 Å². The molecule has 1 aliphatic rings. The fourth-order valence-corrected chi connectivity index (χ4v) is 2.67. The van der Waals surface area contributed by atoms with Crippen molar-refractivity contribution in [2.75, 3.05) is 0 Å². The van der Waals surface area contributed by atoms with E-state index in [-0.39, 0.29) is 11.6 Å². The summed E-state index contributed by atoms with van der Waals surface area (Å²) in [7, 11) is 0. The number of hydrogen-bond donors (Lipinski definition) is 0. The first-order valence-electron chi connectivity index (χ1n) is 6.95. The van der Waals surface area contributed by atoms with E-state index >= 15 is 0 Å². The Bertz CT molecular complexity index is 608. The van der Waals surface area contributed by atoms with Crippen LogP contribution in [0.25, 0.3) is 0 Å². The zero-order chi connectivity index (χ0) is 16.0. The number of esters is 1. The number of benzene rings is 1. The van der Waals surface area contributed by atoms with E-state index in [0.717, 1.165) is 5.56 Å². The number of ether oxygens (including phenoxy) is 1. The zero-order valence-electron chi connectivity index (χ0n) is 13.0. The lowest BCUT2D eigenvalue weighted by Gasteiger charge is -2.42. The molecule has 0 unspecified atom stereocenters. The Morgan fingerprint density at radius 3 is 2.10 bits per heavy atom. The molecule has 0 amide bonds. The van der Waals surface area contributed by atoms with Gasteiger partial charge in [0.05, 0.1) is 5.41 Å². The molecule has 1 aromatic carbocycles. The average molecular weight is 288 g/mol. The Hall–Kier alpha value is -1.97. The van der Waals surface area contributed by atoms with Gasteiger partial charge in [-0.15, -0.1) is 0 Å². The van der Waals surface area contributed by atoms with Crippen molar-refractivity contribution in [2.24, 2.45) is 10.8 Å². The molecule has 0 aliphatic carbocycles. The second-order valence-corrected chi connectivity index (χ2v) is 6.69. The van der Waals surface area contributed by atoms with Gasteiger partial charge in [0.25, 0.3) is 0 Å². The van der Waals surface area contributed by atoms with Crippen molar-refractivity contribution in [2.45, 2.75) is 40.7 Å². The minimum atomic E-state index is -1.21. The third kappa shape index (κ3) is 2.39. The summed E-state index contributed by atoms with van der Waals surface area (Å²) in [6.07, 6.45) is -1.08. The smallest absolute Gasteiger partial charge is 0.319 e. The number of carbonyl (C=O) groups excluding carboxylic acids is 3. The summed E-state index contributed by atoms with van der Waals surface area (Å²) in [4.78, 5) is 37.1. The summed E-state index contributed by atoms with van der Waals surface area (Å²) in [5.74, 6) is -1.24. The van der Waals surface area contributed by atoms with Crippen LogP contribution >= 0.6 is 0 Å². The van der Waals surface area contributed by atoms with Crippen LogP contribution in [-0.2, 0) is 14.3 Å². The van der Waals surface area contributed by atoms with E-state index < -0.39 is 22.9 Å². The lowest BCUT2D eigenvalue weighted by Crippen LogP contribution is -2.58. The molecule has 0 radical (unpaired) electrons. The van der Waals surface area contributed by atoms with E-state index in [1.165, 1.54) is 13.8 Å². The van der Waals surface area contributed by atoms with Gasteiger partial charge in [0, 0.05) is 5.56 Å². The summed E-state index contributed by atoms with van der Waals surface area (Å²) in [6, 6.07) is 7.00. The molecule has 0 bridgehead atoms. The van der Waals surface area contributed by atoms with Gasteiger partial charge in [-0.3, -0.25) is 14.4 Å². The summed E-state index contributed by atoms with van der Waals surface area (Å²) in [5.41, 5.74) is -0.782. The molecule has 21 heavy (non-hydrogen) atoms. The Morgan fingerprint density at radius 2 is 1.57 bits per heavy atom. The van der Waals surface area contributed by atoms with E-state index in [9.17, 15) is 14.4 Å². The molecular weight excluding hydrogens is 268 g/mol. The minimum Gasteiger partial charge on any atom is -0.452 e. The summed E-state index contributed by atoms with van der Waals surface area (Å²) < 4.78 is 5.32. The lowest BCUT2D eigenvalue weighted by atomic mass is 9.67. The number of Topliss-reactive ketones (excluding diaryl/α,β-unsaturated/α-hetero) is 2. The van der Waals surface area contributed by atoms with Crippen molar-refractivity contribution in [1.82, 2.24) is 0 Å². The van der Waals surface area contributed by atoms with Crippen LogP contribution in [0, 0.1) is 17.8 Å². The molecule has 2 rings (SSSR count). The number of aryl methyl sites for hydroxylation is 1. The van der Waals surface area contributed by atoms with Crippen LogP contribution in [0.3, 0.4) is 0 Å². The molecule has 1 aromatic rings. The maximum Gasteiger partial charge on any atom is 0.319 e. The van der Waals surface area contributed by atoms with Gasteiger partial charge in [-0.1, -0.05) is 29.8 Å². The molecule has 0 N–H and O–H groups in total. The third-order valence-corrected chi connectivity index (χ3v) is 4.12. The maximum absolute atomic E-state index is 12.6. The predicted molar refractivity (Wildman–Crippen MR) is 78.0 cm³/mol. The highest BCUT2D eigenvalue weighted by Gasteiger charge is 2.57. The molecule has 1 aliphatic heterocycles. The van der Waals surface area contributed by atoms with Crippen LogP contribution < -0.4 is 0 Å². The van der Waals surface area contributed by atoms with E-state index in [1.54, 1.807) is 26.0 Å². The second-order valence-electron chi connectivity index (χ2n) is 6.69. The molecule has 0 aromatic heterocycles. The van der Waals surface area contributed by atoms with Crippen LogP contribution in [-0.4, -0.2) is 23.6 Å². The number of ketones is 2.